The van der Waals surface area contributed by atoms with Crippen molar-refractivity contribution in [2.75, 3.05) is 11.9 Å². The lowest BCUT2D eigenvalue weighted by Gasteiger charge is -2.13. The minimum Gasteiger partial charge on any atom is -0.492 e. The van der Waals surface area contributed by atoms with Gasteiger partial charge in [-0.2, -0.15) is 0 Å². The van der Waals surface area contributed by atoms with Crippen LogP contribution in [0, 0.1) is 5.92 Å². The first-order valence-electron chi connectivity index (χ1n) is 7.40. The van der Waals surface area contributed by atoms with Crippen LogP contribution in [0.1, 0.15) is 34.6 Å². The van der Waals surface area contributed by atoms with E-state index in [9.17, 15) is 9.59 Å². The van der Waals surface area contributed by atoms with E-state index in [0.29, 0.717) is 35.1 Å². The minimum atomic E-state index is -0.540. The van der Waals surface area contributed by atoms with Gasteiger partial charge in [0.25, 0.3) is 5.91 Å². The fraction of sp³-hybridized carbons (Fsp3) is 0.222. The molecular weight excluding hydrogens is 292 g/mol. The largest absolute Gasteiger partial charge is 0.492 e. The van der Waals surface area contributed by atoms with E-state index >= 15 is 0 Å². The van der Waals surface area contributed by atoms with E-state index in [1.807, 2.05) is 19.9 Å². The van der Waals surface area contributed by atoms with Gasteiger partial charge in [-0.1, -0.05) is 32.0 Å². The highest BCUT2D eigenvalue weighted by Crippen LogP contribution is 2.21. The van der Waals surface area contributed by atoms with Crippen molar-refractivity contribution < 1.29 is 14.3 Å². The van der Waals surface area contributed by atoms with E-state index in [2.05, 4.69) is 5.32 Å². The number of hydrogen-bond donors (Lipinski definition) is 2. The van der Waals surface area contributed by atoms with E-state index in [4.69, 9.17) is 10.5 Å². The standard InChI is InChI=1S/C18H20N2O3/c1-12(2)11-23-16-9-4-3-8-15(16)18(22)20-14-7-5-6-13(10-14)17(19)21/h3-10,12H,11H2,1-2H3,(H2,19,21)(H,20,22). The molecule has 0 bridgehead atoms. The SMILES string of the molecule is CC(C)COc1ccccc1C(=O)Nc1cccc(C(N)=O)c1. The number of anilines is 1. The van der Waals surface area contributed by atoms with Gasteiger partial charge in [-0.25, -0.2) is 0 Å². The summed E-state index contributed by atoms with van der Waals surface area (Å²) in [6.45, 7) is 4.61. The van der Waals surface area contributed by atoms with Crippen LogP contribution in [0.4, 0.5) is 5.69 Å². The van der Waals surface area contributed by atoms with Crippen LogP contribution < -0.4 is 15.8 Å². The summed E-state index contributed by atoms with van der Waals surface area (Å²) in [4.78, 5) is 23.7. The molecule has 0 radical (unpaired) electrons. The quantitative estimate of drug-likeness (QED) is 0.860. The summed E-state index contributed by atoms with van der Waals surface area (Å²) in [7, 11) is 0. The Bertz CT molecular complexity index is 711. The van der Waals surface area contributed by atoms with Crippen LogP contribution in [0.5, 0.6) is 5.75 Å². The number of para-hydroxylation sites is 1. The highest BCUT2D eigenvalue weighted by atomic mass is 16.5. The third-order valence-electron chi connectivity index (χ3n) is 3.11. The van der Waals surface area contributed by atoms with Gasteiger partial charge in [-0.15, -0.1) is 0 Å². The lowest BCUT2D eigenvalue weighted by Crippen LogP contribution is -2.16. The van der Waals surface area contributed by atoms with Crippen LogP contribution in [0.2, 0.25) is 0 Å². The lowest BCUT2D eigenvalue weighted by atomic mass is 10.1. The van der Waals surface area contributed by atoms with Gasteiger partial charge in [0.1, 0.15) is 5.75 Å². The number of carbonyl (C=O) groups excluding carboxylic acids is 2. The molecule has 0 saturated carbocycles. The molecule has 23 heavy (non-hydrogen) atoms. The van der Waals surface area contributed by atoms with Crippen molar-refractivity contribution in [2.45, 2.75) is 13.8 Å². The van der Waals surface area contributed by atoms with Crippen molar-refractivity contribution in [1.82, 2.24) is 0 Å². The lowest BCUT2D eigenvalue weighted by molar-refractivity contribution is 0.0995. The first kappa shape index (κ1) is 16.5. The maximum atomic E-state index is 12.5. The zero-order valence-electron chi connectivity index (χ0n) is 13.2. The Morgan fingerprint density at radius 3 is 2.57 bits per heavy atom. The molecule has 5 heteroatoms. The Morgan fingerprint density at radius 1 is 1.13 bits per heavy atom. The van der Waals surface area contributed by atoms with Crippen LogP contribution >= 0.6 is 0 Å². The molecule has 0 aromatic heterocycles. The number of ether oxygens (including phenoxy) is 1. The van der Waals surface area contributed by atoms with Crippen molar-refractivity contribution in [3.8, 4) is 5.75 Å². The number of nitrogens with one attached hydrogen (secondary N) is 1. The normalized spacial score (nSPS) is 10.4. The topological polar surface area (TPSA) is 81.4 Å². The van der Waals surface area contributed by atoms with Crippen LogP contribution in [-0.4, -0.2) is 18.4 Å². The van der Waals surface area contributed by atoms with E-state index in [0.717, 1.165) is 0 Å². The first-order valence-corrected chi connectivity index (χ1v) is 7.40. The Kier molecular flexibility index (Phi) is 5.36. The molecule has 2 aromatic rings. The molecule has 0 atom stereocenters. The Labute approximate surface area is 135 Å². The average Bonchev–Trinajstić information content (AvgIpc) is 2.53. The van der Waals surface area contributed by atoms with Crippen molar-refractivity contribution in [3.05, 3.63) is 59.7 Å². The Balaban J connectivity index is 2.18. The molecule has 0 saturated heterocycles. The van der Waals surface area contributed by atoms with Gasteiger partial charge in [0, 0.05) is 11.3 Å². The van der Waals surface area contributed by atoms with Crippen LogP contribution in [0.15, 0.2) is 48.5 Å². The molecule has 0 aliphatic rings. The van der Waals surface area contributed by atoms with Crippen LogP contribution in [0.3, 0.4) is 0 Å². The maximum Gasteiger partial charge on any atom is 0.259 e. The number of amides is 2. The second kappa shape index (κ2) is 7.45. The number of rotatable bonds is 6. The summed E-state index contributed by atoms with van der Waals surface area (Å²) in [5.41, 5.74) is 6.53. The Morgan fingerprint density at radius 2 is 1.87 bits per heavy atom. The molecule has 3 N–H and O–H groups in total. The number of hydrogen-bond acceptors (Lipinski definition) is 3. The monoisotopic (exact) mass is 312 g/mol. The zero-order chi connectivity index (χ0) is 16.8. The van der Waals surface area contributed by atoms with E-state index < -0.39 is 5.91 Å². The van der Waals surface area contributed by atoms with Crippen molar-refractivity contribution in [2.24, 2.45) is 11.7 Å². The highest BCUT2D eigenvalue weighted by molar-refractivity contribution is 6.06. The van der Waals surface area contributed by atoms with Gasteiger partial charge in [-0.05, 0) is 36.2 Å². The number of carbonyl (C=O) groups is 2. The number of nitrogens with two attached hydrogens (primary N) is 1. The van der Waals surface area contributed by atoms with Gasteiger partial charge in [0.2, 0.25) is 5.91 Å². The van der Waals surface area contributed by atoms with Crippen LogP contribution in [-0.2, 0) is 0 Å². The third-order valence-corrected chi connectivity index (χ3v) is 3.11. The van der Waals surface area contributed by atoms with Gasteiger partial charge in [-0.3, -0.25) is 9.59 Å². The molecule has 0 spiro atoms. The predicted octanol–water partition coefficient (Wildman–Crippen LogP) is 3.07. The fourth-order valence-electron chi connectivity index (χ4n) is 1.99. The summed E-state index contributed by atoms with van der Waals surface area (Å²) in [5, 5.41) is 2.75. The molecule has 120 valence electrons. The van der Waals surface area contributed by atoms with Gasteiger partial charge < -0.3 is 15.8 Å². The van der Waals surface area contributed by atoms with Crippen LogP contribution in [0.25, 0.3) is 0 Å². The van der Waals surface area contributed by atoms with Crippen molar-refractivity contribution in [3.63, 3.8) is 0 Å². The first-order chi connectivity index (χ1) is 11.0. The van der Waals surface area contributed by atoms with Crippen molar-refractivity contribution >= 4 is 17.5 Å². The number of primary amides is 1. The average molecular weight is 312 g/mol. The molecular formula is C18H20N2O3. The maximum absolute atomic E-state index is 12.5. The third kappa shape index (κ3) is 4.57. The van der Waals surface area contributed by atoms with Gasteiger partial charge >= 0.3 is 0 Å². The molecule has 0 heterocycles. The molecule has 2 amide bonds. The molecule has 5 nitrogen and oxygen atoms in total. The zero-order valence-corrected chi connectivity index (χ0v) is 13.2. The predicted molar refractivity (Wildman–Crippen MR) is 89.7 cm³/mol. The second-order valence-corrected chi connectivity index (χ2v) is 5.60. The van der Waals surface area contributed by atoms with Gasteiger partial charge in [0.05, 0.1) is 12.2 Å². The summed E-state index contributed by atoms with van der Waals surface area (Å²) in [6, 6.07) is 13.5. The summed E-state index contributed by atoms with van der Waals surface area (Å²) >= 11 is 0. The smallest absolute Gasteiger partial charge is 0.259 e. The summed E-state index contributed by atoms with van der Waals surface area (Å²) < 4.78 is 5.68. The molecule has 0 aliphatic carbocycles. The second-order valence-electron chi connectivity index (χ2n) is 5.60. The minimum absolute atomic E-state index is 0.300. The summed E-state index contributed by atoms with van der Waals surface area (Å²) in [6.07, 6.45) is 0. The highest BCUT2D eigenvalue weighted by Gasteiger charge is 2.13. The Hall–Kier alpha value is -2.82. The molecule has 0 aliphatic heterocycles. The van der Waals surface area contributed by atoms with E-state index in [1.54, 1.807) is 36.4 Å². The van der Waals surface area contributed by atoms with E-state index in [-0.39, 0.29) is 5.91 Å². The number of benzene rings is 2. The van der Waals surface area contributed by atoms with Gasteiger partial charge in [0.15, 0.2) is 0 Å². The fourth-order valence-corrected chi connectivity index (χ4v) is 1.99. The molecule has 0 fully saturated rings. The molecule has 0 unspecified atom stereocenters. The molecule has 2 rings (SSSR count). The van der Waals surface area contributed by atoms with E-state index in [1.165, 1.54) is 6.07 Å². The molecule has 2 aromatic carbocycles. The van der Waals surface area contributed by atoms with Crippen molar-refractivity contribution in [1.29, 1.82) is 0 Å². The summed E-state index contributed by atoms with van der Waals surface area (Å²) in [5.74, 6) is 0.0517.